The van der Waals surface area contributed by atoms with Gasteiger partial charge in [-0.2, -0.15) is 5.21 Å². The van der Waals surface area contributed by atoms with E-state index >= 15 is 0 Å². The number of carboxylic acid groups (broad SMARTS) is 1. The van der Waals surface area contributed by atoms with Gasteiger partial charge in [0, 0.05) is 17.5 Å². The number of carboxylic acids is 1. The van der Waals surface area contributed by atoms with Crippen LogP contribution in [-0.2, 0) is 13.0 Å². The summed E-state index contributed by atoms with van der Waals surface area (Å²) < 4.78 is 3.23. The number of rotatable bonds is 9. The second-order valence-electron chi connectivity index (χ2n) is 9.22. The quantitative estimate of drug-likeness (QED) is 0.293. The smallest absolute Gasteiger partial charge is 0.337 e. The molecule has 2 heterocycles. The summed E-state index contributed by atoms with van der Waals surface area (Å²) in [6.07, 6.45) is 4.43. The molecule has 9 nitrogen and oxygen atoms in total. The van der Waals surface area contributed by atoms with Crippen molar-refractivity contribution in [2.45, 2.75) is 39.7 Å². The lowest BCUT2D eigenvalue weighted by molar-refractivity contribution is 0.0696. The Kier molecular flexibility index (Phi) is 6.99. The fraction of sp³-hybridized carbons (Fsp3) is 0.207. The summed E-state index contributed by atoms with van der Waals surface area (Å²) in [5.74, 6) is -0.537. The number of para-hydroxylation sites is 1. The average Bonchev–Trinajstić information content (AvgIpc) is 3.57. The molecule has 38 heavy (non-hydrogen) atoms. The van der Waals surface area contributed by atoms with Crippen molar-refractivity contribution in [3.8, 4) is 28.2 Å². The molecule has 5 rings (SSSR count). The number of hydrogen-bond acceptors (Lipinski definition) is 5. The molecule has 0 aliphatic carbocycles. The Hall–Kier alpha value is -4.79. The van der Waals surface area contributed by atoms with Crippen molar-refractivity contribution in [3.05, 3.63) is 106 Å². The van der Waals surface area contributed by atoms with Crippen molar-refractivity contribution < 1.29 is 9.90 Å². The molecular formula is C29H28N6O3. The van der Waals surface area contributed by atoms with Crippen LogP contribution in [0, 0.1) is 6.92 Å². The third-order valence-corrected chi connectivity index (χ3v) is 6.68. The van der Waals surface area contributed by atoms with Crippen LogP contribution in [0.4, 0.5) is 0 Å². The molecule has 5 aromatic rings. The minimum atomic E-state index is -1.06. The highest BCUT2D eigenvalue weighted by molar-refractivity contribution is 5.92. The van der Waals surface area contributed by atoms with Gasteiger partial charge in [-0.15, -0.1) is 10.2 Å². The molecule has 0 radical (unpaired) electrons. The molecule has 2 N–H and O–H groups in total. The zero-order chi connectivity index (χ0) is 26.6. The molecule has 0 atom stereocenters. The van der Waals surface area contributed by atoms with Crippen molar-refractivity contribution in [2.24, 2.45) is 0 Å². The Balaban J connectivity index is 1.51. The van der Waals surface area contributed by atoms with Crippen molar-refractivity contribution in [1.29, 1.82) is 0 Å². The van der Waals surface area contributed by atoms with Crippen LogP contribution in [0.1, 0.15) is 46.9 Å². The summed E-state index contributed by atoms with van der Waals surface area (Å²) in [6, 6.07) is 21.0. The topological polar surface area (TPSA) is 119 Å². The lowest BCUT2D eigenvalue weighted by Gasteiger charge is -2.11. The molecule has 3 aromatic carbocycles. The monoisotopic (exact) mass is 508 g/mol. The summed E-state index contributed by atoms with van der Waals surface area (Å²) in [5.41, 5.74) is 5.69. The van der Waals surface area contributed by atoms with Crippen molar-refractivity contribution >= 4 is 5.97 Å². The van der Waals surface area contributed by atoms with E-state index in [1.807, 2.05) is 61.5 Å². The molecular weight excluding hydrogens is 480 g/mol. The maximum Gasteiger partial charge on any atom is 0.337 e. The normalized spacial score (nSPS) is 11.1. The van der Waals surface area contributed by atoms with Gasteiger partial charge in [-0.25, -0.2) is 9.59 Å². The van der Waals surface area contributed by atoms with Gasteiger partial charge in [0.25, 0.3) is 0 Å². The number of H-pyrrole nitrogens is 1. The molecule has 0 saturated heterocycles. The predicted molar refractivity (Wildman–Crippen MR) is 144 cm³/mol. The van der Waals surface area contributed by atoms with Gasteiger partial charge < -0.3 is 5.11 Å². The molecule has 0 fully saturated rings. The van der Waals surface area contributed by atoms with Gasteiger partial charge in [0.1, 0.15) is 0 Å². The lowest BCUT2D eigenvalue weighted by Crippen LogP contribution is -2.26. The van der Waals surface area contributed by atoms with Crippen LogP contribution in [0.5, 0.6) is 0 Å². The number of aromatic amines is 1. The Morgan fingerprint density at radius 3 is 2.45 bits per heavy atom. The van der Waals surface area contributed by atoms with Gasteiger partial charge in [0.05, 0.1) is 17.8 Å². The number of aromatic nitrogens is 6. The van der Waals surface area contributed by atoms with Crippen LogP contribution >= 0.6 is 0 Å². The molecule has 2 aromatic heterocycles. The number of aryl methyl sites for hydroxylation is 2. The van der Waals surface area contributed by atoms with Crippen molar-refractivity contribution in [2.75, 3.05) is 0 Å². The maximum absolute atomic E-state index is 13.7. The second kappa shape index (κ2) is 10.7. The van der Waals surface area contributed by atoms with Crippen LogP contribution in [-0.4, -0.2) is 40.8 Å². The number of nitrogens with one attached hydrogen (secondary N) is 1. The first kappa shape index (κ1) is 24.9. The number of benzene rings is 3. The fourth-order valence-electron chi connectivity index (χ4n) is 4.74. The highest BCUT2D eigenvalue weighted by Crippen LogP contribution is 2.30. The molecule has 0 amide bonds. The average molecular weight is 509 g/mol. The third kappa shape index (κ3) is 4.78. The summed E-state index contributed by atoms with van der Waals surface area (Å²) >= 11 is 0. The zero-order valence-electron chi connectivity index (χ0n) is 21.3. The Labute approximate surface area is 219 Å². The van der Waals surface area contributed by atoms with Crippen LogP contribution in [0.3, 0.4) is 0 Å². The third-order valence-electron chi connectivity index (χ3n) is 6.68. The first-order valence-electron chi connectivity index (χ1n) is 12.5. The van der Waals surface area contributed by atoms with Gasteiger partial charge in [-0.1, -0.05) is 74.0 Å². The van der Waals surface area contributed by atoms with Gasteiger partial charge >= 0.3 is 11.7 Å². The second-order valence-corrected chi connectivity index (χ2v) is 9.22. The number of tetrazole rings is 1. The van der Waals surface area contributed by atoms with Gasteiger partial charge in [-0.05, 0) is 53.3 Å². The number of hydrogen-bond donors (Lipinski definition) is 2. The number of aromatic carboxylic acids is 1. The van der Waals surface area contributed by atoms with E-state index in [9.17, 15) is 14.7 Å². The number of carbonyl (C=O) groups is 1. The Bertz CT molecular complexity index is 1630. The largest absolute Gasteiger partial charge is 0.478 e. The van der Waals surface area contributed by atoms with Crippen LogP contribution < -0.4 is 5.69 Å². The number of imidazole rings is 1. The zero-order valence-corrected chi connectivity index (χ0v) is 21.3. The SMILES string of the molecule is CCCCc1cn(-c2c(C)cccc2C(=O)O)c(=O)n1Cc1ccc(-c2ccccc2-c2nn[nH]n2)cc1. The molecule has 0 bridgehead atoms. The number of unbranched alkanes of at least 4 members (excludes halogenated alkanes) is 1. The Morgan fingerprint density at radius 2 is 1.76 bits per heavy atom. The summed E-state index contributed by atoms with van der Waals surface area (Å²) in [7, 11) is 0. The van der Waals surface area contributed by atoms with Crippen molar-refractivity contribution in [3.63, 3.8) is 0 Å². The molecule has 0 unspecified atom stereocenters. The first-order chi connectivity index (χ1) is 18.5. The summed E-state index contributed by atoms with van der Waals surface area (Å²) in [4.78, 5) is 25.6. The minimum absolute atomic E-state index is 0.107. The molecule has 0 spiro atoms. The van der Waals surface area contributed by atoms with E-state index in [4.69, 9.17) is 0 Å². The Morgan fingerprint density at radius 1 is 1.00 bits per heavy atom. The minimum Gasteiger partial charge on any atom is -0.478 e. The van der Waals surface area contributed by atoms with E-state index in [0.717, 1.165) is 52.8 Å². The number of nitrogens with zero attached hydrogens (tertiary/aromatic N) is 5. The van der Waals surface area contributed by atoms with E-state index in [-0.39, 0.29) is 11.3 Å². The van der Waals surface area contributed by atoms with E-state index in [2.05, 4.69) is 27.5 Å². The first-order valence-corrected chi connectivity index (χ1v) is 12.5. The standard InChI is InChI=1S/C29H28N6O3/c1-3-4-9-22-18-35(26-19(2)8-7-12-25(26)28(36)37)29(38)34(22)17-20-13-15-21(16-14-20)23-10-5-6-11-24(23)27-30-32-33-31-27/h5-8,10-16,18H,3-4,9,17H2,1-2H3,(H,36,37)(H,30,31,32,33). The van der Waals surface area contributed by atoms with Crippen LogP contribution in [0.2, 0.25) is 0 Å². The lowest BCUT2D eigenvalue weighted by atomic mass is 9.98. The van der Waals surface area contributed by atoms with Gasteiger partial charge in [0.15, 0.2) is 0 Å². The summed E-state index contributed by atoms with van der Waals surface area (Å²) in [5, 5.41) is 24.2. The van der Waals surface area contributed by atoms with Crippen LogP contribution in [0.25, 0.3) is 28.2 Å². The predicted octanol–water partition coefficient (Wildman–Crippen LogP) is 4.88. The molecule has 0 aliphatic heterocycles. The highest BCUT2D eigenvalue weighted by atomic mass is 16.4. The van der Waals surface area contributed by atoms with E-state index in [1.165, 1.54) is 10.6 Å². The maximum atomic E-state index is 13.7. The van der Waals surface area contributed by atoms with Crippen LogP contribution in [0.15, 0.2) is 77.7 Å². The fourth-order valence-corrected chi connectivity index (χ4v) is 4.74. The molecule has 192 valence electrons. The van der Waals surface area contributed by atoms with Crippen molar-refractivity contribution in [1.82, 2.24) is 29.8 Å². The van der Waals surface area contributed by atoms with E-state index < -0.39 is 5.97 Å². The van der Waals surface area contributed by atoms with Gasteiger partial charge in [-0.3, -0.25) is 9.13 Å². The summed E-state index contributed by atoms with van der Waals surface area (Å²) in [6.45, 7) is 4.31. The van der Waals surface area contributed by atoms with E-state index in [0.29, 0.717) is 18.1 Å². The molecule has 0 saturated carbocycles. The highest BCUT2D eigenvalue weighted by Gasteiger charge is 2.20. The molecule has 9 heteroatoms. The van der Waals surface area contributed by atoms with E-state index in [1.54, 1.807) is 16.8 Å². The van der Waals surface area contributed by atoms with Gasteiger partial charge in [0.2, 0.25) is 5.82 Å². The molecule has 0 aliphatic rings.